The topological polar surface area (TPSA) is 75.4 Å². The number of nitrogens with zero attached hydrogens (tertiary/aromatic N) is 1. The second-order valence-corrected chi connectivity index (χ2v) is 6.10. The molecule has 0 saturated heterocycles. The summed E-state index contributed by atoms with van der Waals surface area (Å²) in [6.45, 7) is 5.09. The van der Waals surface area contributed by atoms with Gasteiger partial charge in [-0.1, -0.05) is 13.8 Å². The van der Waals surface area contributed by atoms with Crippen molar-refractivity contribution in [3.63, 3.8) is 0 Å². The molecule has 0 spiro atoms. The molecule has 2 amide bonds. The highest BCUT2D eigenvalue weighted by atomic mass is 32.2. The van der Waals surface area contributed by atoms with E-state index in [2.05, 4.69) is 24.1 Å². The van der Waals surface area contributed by atoms with Crippen LogP contribution in [0.25, 0.3) is 0 Å². The van der Waals surface area contributed by atoms with Gasteiger partial charge in [-0.2, -0.15) is 0 Å². The lowest BCUT2D eigenvalue weighted by atomic mass is 10.0. The van der Waals surface area contributed by atoms with Crippen LogP contribution in [0.5, 0.6) is 0 Å². The van der Waals surface area contributed by atoms with Crippen LogP contribution in [0.15, 0.2) is 0 Å². The molecule has 0 saturated carbocycles. The van der Waals surface area contributed by atoms with Gasteiger partial charge in [0.05, 0.1) is 11.5 Å². The van der Waals surface area contributed by atoms with Crippen LogP contribution in [0, 0.1) is 5.92 Å². The number of primary amides is 1. The van der Waals surface area contributed by atoms with Gasteiger partial charge in [0.2, 0.25) is 11.8 Å². The van der Waals surface area contributed by atoms with E-state index in [1.807, 2.05) is 14.1 Å². The number of thioether (sulfide) groups is 1. The highest BCUT2D eigenvalue weighted by molar-refractivity contribution is 8.00. The number of likely N-dealkylation sites (N-methyl/N-ethyl adjacent to an activating group) is 1. The van der Waals surface area contributed by atoms with E-state index in [-0.39, 0.29) is 29.4 Å². The number of nitrogens with one attached hydrogen (secondary N) is 1. The van der Waals surface area contributed by atoms with E-state index in [1.54, 1.807) is 0 Å². The summed E-state index contributed by atoms with van der Waals surface area (Å²) >= 11 is 1.25. The average molecular weight is 275 g/mol. The second-order valence-electron chi connectivity index (χ2n) is 5.12. The van der Waals surface area contributed by atoms with Gasteiger partial charge in [-0.05, 0) is 26.4 Å². The summed E-state index contributed by atoms with van der Waals surface area (Å²) in [7, 11) is 3.97. The minimum atomic E-state index is -0.389. The first-order valence-corrected chi connectivity index (χ1v) is 7.26. The first-order chi connectivity index (χ1) is 8.31. The molecule has 0 aromatic carbocycles. The minimum Gasteiger partial charge on any atom is -0.369 e. The Morgan fingerprint density at radius 2 is 1.89 bits per heavy atom. The predicted molar refractivity (Wildman–Crippen MR) is 76.5 cm³/mol. The highest BCUT2D eigenvalue weighted by Gasteiger charge is 2.15. The smallest absolute Gasteiger partial charge is 0.230 e. The van der Waals surface area contributed by atoms with E-state index < -0.39 is 0 Å². The monoisotopic (exact) mass is 275 g/mol. The molecule has 1 unspecified atom stereocenters. The summed E-state index contributed by atoms with van der Waals surface area (Å²) in [4.78, 5) is 24.3. The maximum Gasteiger partial charge on any atom is 0.230 e. The SMILES string of the molecule is CC(C)CC(CN(C)C)NC(=O)CSCC(N)=O. The van der Waals surface area contributed by atoms with Crippen molar-refractivity contribution in [3.05, 3.63) is 0 Å². The summed E-state index contributed by atoms with van der Waals surface area (Å²) in [6.07, 6.45) is 0.949. The second kappa shape index (κ2) is 9.22. The molecule has 3 N–H and O–H groups in total. The number of carbonyl (C=O) groups is 2. The molecule has 6 heteroatoms. The molecule has 0 aromatic rings. The van der Waals surface area contributed by atoms with Crippen molar-refractivity contribution in [1.29, 1.82) is 0 Å². The summed E-state index contributed by atoms with van der Waals surface area (Å²) in [5.41, 5.74) is 5.01. The molecule has 1 atom stereocenters. The lowest BCUT2D eigenvalue weighted by Crippen LogP contribution is -2.43. The Morgan fingerprint density at radius 1 is 1.28 bits per heavy atom. The maximum absolute atomic E-state index is 11.7. The van der Waals surface area contributed by atoms with Crippen LogP contribution in [0.1, 0.15) is 20.3 Å². The molecular formula is C12H25N3O2S. The van der Waals surface area contributed by atoms with Crippen LogP contribution in [-0.2, 0) is 9.59 Å². The third-order valence-electron chi connectivity index (χ3n) is 2.18. The molecule has 0 aliphatic carbocycles. The van der Waals surface area contributed by atoms with E-state index in [9.17, 15) is 9.59 Å². The van der Waals surface area contributed by atoms with Crippen LogP contribution in [0.3, 0.4) is 0 Å². The molecule has 0 radical (unpaired) electrons. The first kappa shape index (κ1) is 17.2. The van der Waals surface area contributed by atoms with Gasteiger partial charge in [0, 0.05) is 12.6 Å². The average Bonchev–Trinajstić information content (AvgIpc) is 2.13. The molecule has 0 bridgehead atoms. The van der Waals surface area contributed by atoms with Gasteiger partial charge in [0.1, 0.15) is 0 Å². The Bertz CT molecular complexity index is 260. The molecule has 106 valence electrons. The van der Waals surface area contributed by atoms with Crippen molar-refractivity contribution in [3.8, 4) is 0 Å². The Morgan fingerprint density at radius 3 is 2.33 bits per heavy atom. The molecule has 0 aliphatic heterocycles. The van der Waals surface area contributed by atoms with Crippen molar-refractivity contribution < 1.29 is 9.59 Å². The number of amides is 2. The van der Waals surface area contributed by atoms with Crippen LogP contribution in [-0.4, -0.2) is 54.9 Å². The highest BCUT2D eigenvalue weighted by Crippen LogP contribution is 2.06. The van der Waals surface area contributed by atoms with Crippen LogP contribution in [0.4, 0.5) is 0 Å². The lowest BCUT2D eigenvalue weighted by Gasteiger charge is -2.23. The number of hydrogen-bond donors (Lipinski definition) is 2. The molecule has 0 aromatic heterocycles. The zero-order chi connectivity index (χ0) is 14.1. The van der Waals surface area contributed by atoms with E-state index in [0.29, 0.717) is 5.92 Å². The maximum atomic E-state index is 11.7. The molecule has 0 heterocycles. The third-order valence-corrected chi connectivity index (χ3v) is 3.14. The standard InChI is InChI=1S/C12H25N3O2S/c1-9(2)5-10(6-15(3)4)14-12(17)8-18-7-11(13)16/h9-10H,5-8H2,1-4H3,(H2,13,16)(H,14,17). The van der Waals surface area contributed by atoms with Crippen molar-refractivity contribution in [2.24, 2.45) is 11.7 Å². The van der Waals surface area contributed by atoms with Gasteiger partial charge in [0.25, 0.3) is 0 Å². The number of nitrogens with two attached hydrogens (primary N) is 1. The Hall–Kier alpha value is -0.750. The van der Waals surface area contributed by atoms with Gasteiger partial charge in [-0.3, -0.25) is 9.59 Å². The van der Waals surface area contributed by atoms with E-state index >= 15 is 0 Å². The van der Waals surface area contributed by atoms with Gasteiger partial charge in [-0.25, -0.2) is 0 Å². The summed E-state index contributed by atoms with van der Waals surface area (Å²) in [5, 5.41) is 3.00. The minimum absolute atomic E-state index is 0.0336. The predicted octanol–water partition coefficient (Wildman–Crippen LogP) is 0.297. The summed E-state index contributed by atoms with van der Waals surface area (Å²) in [5.74, 6) is 0.586. The van der Waals surface area contributed by atoms with Crippen molar-refractivity contribution in [2.45, 2.75) is 26.3 Å². The fourth-order valence-electron chi connectivity index (χ4n) is 1.70. The van der Waals surface area contributed by atoms with E-state index in [4.69, 9.17) is 5.73 Å². The summed E-state index contributed by atoms with van der Waals surface area (Å²) in [6, 6.07) is 0.154. The van der Waals surface area contributed by atoms with E-state index in [1.165, 1.54) is 11.8 Å². The Balaban J connectivity index is 4.05. The molecule has 5 nitrogen and oxygen atoms in total. The zero-order valence-electron chi connectivity index (χ0n) is 11.7. The Kier molecular flexibility index (Phi) is 8.83. The van der Waals surface area contributed by atoms with Crippen molar-refractivity contribution in [2.75, 3.05) is 32.1 Å². The quantitative estimate of drug-likeness (QED) is 0.634. The number of carbonyl (C=O) groups excluding carboxylic acids is 2. The lowest BCUT2D eigenvalue weighted by molar-refractivity contribution is -0.119. The van der Waals surface area contributed by atoms with Gasteiger partial charge in [0.15, 0.2) is 0 Å². The fraction of sp³-hybridized carbons (Fsp3) is 0.833. The fourth-order valence-corrected chi connectivity index (χ4v) is 2.27. The first-order valence-electron chi connectivity index (χ1n) is 6.11. The van der Waals surface area contributed by atoms with Gasteiger partial charge in [-0.15, -0.1) is 11.8 Å². The van der Waals surface area contributed by atoms with Crippen molar-refractivity contribution >= 4 is 23.6 Å². The largest absolute Gasteiger partial charge is 0.369 e. The molecule has 0 aliphatic rings. The zero-order valence-corrected chi connectivity index (χ0v) is 12.5. The third kappa shape index (κ3) is 10.4. The molecule has 0 rings (SSSR count). The van der Waals surface area contributed by atoms with Gasteiger partial charge < -0.3 is 16.0 Å². The number of rotatable bonds is 9. The van der Waals surface area contributed by atoms with Crippen LogP contribution >= 0.6 is 11.8 Å². The molecule has 0 fully saturated rings. The van der Waals surface area contributed by atoms with Gasteiger partial charge >= 0.3 is 0 Å². The van der Waals surface area contributed by atoms with Crippen LogP contribution in [0.2, 0.25) is 0 Å². The Labute approximate surface area is 114 Å². The van der Waals surface area contributed by atoms with Crippen LogP contribution < -0.4 is 11.1 Å². The summed E-state index contributed by atoms with van der Waals surface area (Å²) < 4.78 is 0. The number of hydrogen-bond acceptors (Lipinski definition) is 4. The van der Waals surface area contributed by atoms with Crippen molar-refractivity contribution in [1.82, 2.24) is 10.2 Å². The normalized spacial score (nSPS) is 12.8. The van der Waals surface area contributed by atoms with E-state index in [0.717, 1.165) is 13.0 Å². The molecule has 18 heavy (non-hydrogen) atoms. The molecular weight excluding hydrogens is 250 g/mol.